The second-order valence-corrected chi connectivity index (χ2v) is 8.37. The zero-order valence-corrected chi connectivity index (χ0v) is 18.1. The predicted octanol–water partition coefficient (Wildman–Crippen LogP) is 4.39. The molecule has 30 heavy (non-hydrogen) atoms. The minimum Gasteiger partial charge on any atom is -0.379 e. The average molecular weight is 422 g/mol. The maximum atomic E-state index is 12.4. The summed E-state index contributed by atoms with van der Waals surface area (Å²) in [4.78, 5) is 19.5. The average Bonchev–Trinajstić information content (AvgIpc) is 3.23. The van der Waals surface area contributed by atoms with Gasteiger partial charge in [0.05, 0.1) is 25.3 Å². The third-order valence-corrected chi connectivity index (χ3v) is 6.16. The number of thiazole rings is 1. The molecule has 6 heteroatoms. The molecule has 0 bridgehead atoms. The smallest absolute Gasteiger partial charge is 0.230 e. The summed E-state index contributed by atoms with van der Waals surface area (Å²) >= 11 is 1.59. The number of carbonyl (C=O) groups is 1. The van der Waals surface area contributed by atoms with Crippen molar-refractivity contribution in [1.82, 2.24) is 9.88 Å². The molecule has 0 radical (unpaired) electrons. The van der Waals surface area contributed by atoms with E-state index < -0.39 is 0 Å². The number of hydrogen-bond acceptors (Lipinski definition) is 5. The molecule has 5 nitrogen and oxygen atoms in total. The van der Waals surface area contributed by atoms with Gasteiger partial charge in [0.15, 0.2) is 0 Å². The molecule has 156 valence electrons. The van der Waals surface area contributed by atoms with Crippen LogP contribution in [0, 0.1) is 0 Å². The number of morpholine rings is 1. The predicted molar refractivity (Wildman–Crippen MR) is 122 cm³/mol. The summed E-state index contributed by atoms with van der Waals surface area (Å²) in [5.41, 5.74) is 5.26. The highest BCUT2D eigenvalue weighted by molar-refractivity contribution is 7.13. The molecule has 1 aliphatic heterocycles. The van der Waals surface area contributed by atoms with Crippen LogP contribution in [0.15, 0.2) is 53.9 Å². The molecule has 3 aromatic rings. The first-order valence-corrected chi connectivity index (χ1v) is 11.3. The van der Waals surface area contributed by atoms with Crippen LogP contribution in [0.5, 0.6) is 0 Å². The third kappa shape index (κ3) is 5.53. The zero-order valence-electron chi connectivity index (χ0n) is 17.3. The molecule has 1 N–H and O–H groups in total. The number of nitrogens with one attached hydrogen (secondary N) is 1. The van der Waals surface area contributed by atoms with Crippen molar-refractivity contribution in [1.29, 1.82) is 0 Å². The quantitative estimate of drug-likeness (QED) is 0.615. The van der Waals surface area contributed by atoms with Crippen molar-refractivity contribution in [3.63, 3.8) is 0 Å². The maximum Gasteiger partial charge on any atom is 0.230 e. The molecule has 2 aromatic carbocycles. The number of amides is 1. The Bertz CT molecular complexity index is 978. The Morgan fingerprint density at radius 3 is 2.70 bits per heavy atom. The molecule has 4 rings (SSSR count). The molecule has 1 aliphatic rings. The number of nitrogens with zero attached hydrogens (tertiary/aromatic N) is 2. The van der Waals surface area contributed by atoms with Crippen molar-refractivity contribution in [3.05, 3.63) is 70.7 Å². The highest BCUT2D eigenvalue weighted by atomic mass is 32.1. The van der Waals surface area contributed by atoms with E-state index in [4.69, 9.17) is 9.72 Å². The van der Waals surface area contributed by atoms with E-state index in [0.29, 0.717) is 0 Å². The summed E-state index contributed by atoms with van der Waals surface area (Å²) in [5.74, 6) is -0.0443. The number of ether oxygens (including phenoxy) is 1. The van der Waals surface area contributed by atoms with Gasteiger partial charge >= 0.3 is 0 Å². The Morgan fingerprint density at radius 1 is 1.13 bits per heavy atom. The molecular formula is C24H27N3O2S. The number of aryl methyl sites for hydroxylation is 1. The van der Waals surface area contributed by atoms with Crippen molar-refractivity contribution >= 4 is 22.9 Å². The van der Waals surface area contributed by atoms with Crippen LogP contribution < -0.4 is 5.32 Å². The van der Waals surface area contributed by atoms with Gasteiger partial charge in [-0.2, -0.15) is 0 Å². The summed E-state index contributed by atoms with van der Waals surface area (Å²) in [6, 6.07) is 16.5. The van der Waals surface area contributed by atoms with Crippen molar-refractivity contribution in [2.45, 2.75) is 26.3 Å². The number of carbonyl (C=O) groups excluding carboxylic acids is 1. The molecule has 1 fully saturated rings. The molecule has 0 unspecified atom stereocenters. The fourth-order valence-electron chi connectivity index (χ4n) is 3.53. The van der Waals surface area contributed by atoms with E-state index in [0.717, 1.165) is 61.2 Å². The normalized spacial score (nSPS) is 14.6. The van der Waals surface area contributed by atoms with Gasteiger partial charge in [0.25, 0.3) is 0 Å². The minimum absolute atomic E-state index is 0.0443. The van der Waals surface area contributed by atoms with E-state index in [1.165, 1.54) is 11.1 Å². The van der Waals surface area contributed by atoms with E-state index in [9.17, 15) is 4.79 Å². The van der Waals surface area contributed by atoms with Gasteiger partial charge in [-0.3, -0.25) is 9.69 Å². The van der Waals surface area contributed by atoms with Gasteiger partial charge in [0, 0.05) is 36.3 Å². The molecule has 0 aliphatic carbocycles. The topological polar surface area (TPSA) is 54.5 Å². The van der Waals surface area contributed by atoms with Crippen molar-refractivity contribution in [2.75, 3.05) is 31.6 Å². The number of rotatable bonds is 7. The number of anilines is 1. The van der Waals surface area contributed by atoms with Crippen LogP contribution in [0.1, 0.15) is 23.7 Å². The van der Waals surface area contributed by atoms with E-state index >= 15 is 0 Å². The van der Waals surface area contributed by atoms with Gasteiger partial charge < -0.3 is 10.1 Å². The van der Waals surface area contributed by atoms with Crippen molar-refractivity contribution in [2.24, 2.45) is 0 Å². The van der Waals surface area contributed by atoms with Crippen LogP contribution in [0.4, 0.5) is 5.69 Å². The summed E-state index contributed by atoms with van der Waals surface area (Å²) in [5, 5.41) is 5.88. The van der Waals surface area contributed by atoms with Gasteiger partial charge in [0.2, 0.25) is 5.91 Å². The first-order chi connectivity index (χ1) is 14.7. The lowest BCUT2D eigenvalue weighted by Crippen LogP contribution is -2.35. The van der Waals surface area contributed by atoms with Gasteiger partial charge in [0.1, 0.15) is 5.01 Å². The van der Waals surface area contributed by atoms with E-state index in [2.05, 4.69) is 41.4 Å². The third-order valence-electron chi connectivity index (χ3n) is 5.22. The van der Waals surface area contributed by atoms with Gasteiger partial charge in [-0.05, 0) is 35.7 Å². The largest absolute Gasteiger partial charge is 0.379 e. The Kier molecular flexibility index (Phi) is 6.89. The Balaban J connectivity index is 1.37. The van der Waals surface area contributed by atoms with Crippen molar-refractivity contribution < 1.29 is 9.53 Å². The second-order valence-electron chi connectivity index (χ2n) is 7.51. The fourth-order valence-corrected chi connectivity index (χ4v) is 4.35. The maximum absolute atomic E-state index is 12.4. The van der Waals surface area contributed by atoms with Gasteiger partial charge in [-0.15, -0.1) is 11.3 Å². The Hall–Kier alpha value is -2.54. The van der Waals surface area contributed by atoms with Crippen molar-refractivity contribution in [3.8, 4) is 10.6 Å². The molecule has 1 aromatic heterocycles. The molecule has 2 heterocycles. The second kappa shape index (κ2) is 9.98. The number of benzene rings is 2. The highest BCUT2D eigenvalue weighted by Gasteiger charge is 2.13. The first kappa shape index (κ1) is 20.7. The molecule has 0 saturated carbocycles. The Labute approximate surface area is 181 Å². The SMILES string of the molecule is CCc1ccc(NC(=O)Cc2csc(-c3cccc(CN4CCOCC4)c3)n2)cc1. The van der Waals surface area contributed by atoms with E-state index in [-0.39, 0.29) is 12.3 Å². The van der Waals surface area contributed by atoms with Crippen LogP contribution in [0.25, 0.3) is 10.6 Å². The van der Waals surface area contributed by atoms with Crippen LogP contribution in [-0.4, -0.2) is 42.1 Å². The molecule has 0 atom stereocenters. The standard InChI is InChI=1S/C24H27N3O2S/c1-2-18-6-8-21(9-7-18)25-23(28)15-22-17-30-24(26-22)20-5-3-4-19(14-20)16-27-10-12-29-13-11-27/h3-9,14,17H,2,10-13,15-16H2,1H3,(H,25,28). The number of hydrogen-bond donors (Lipinski definition) is 1. The monoisotopic (exact) mass is 421 g/mol. The molecular weight excluding hydrogens is 394 g/mol. The summed E-state index contributed by atoms with van der Waals surface area (Å²) in [6.45, 7) is 6.60. The fraction of sp³-hybridized carbons (Fsp3) is 0.333. The summed E-state index contributed by atoms with van der Waals surface area (Å²) in [6.07, 6.45) is 1.27. The molecule has 1 amide bonds. The van der Waals surface area contributed by atoms with Crippen LogP contribution in [0.3, 0.4) is 0 Å². The number of aromatic nitrogens is 1. The first-order valence-electron chi connectivity index (χ1n) is 10.4. The molecule has 0 spiro atoms. The van der Waals surface area contributed by atoms with Crippen LogP contribution >= 0.6 is 11.3 Å². The lowest BCUT2D eigenvalue weighted by molar-refractivity contribution is -0.115. The zero-order chi connectivity index (χ0) is 20.8. The molecule has 1 saturated heterocycles. The van der Waals surface area contributed by atoms with Gasteiger partial charge in [-0.25, -0.2) is 4.98 Å². The van der Waals surface area contributed by atoms with Crippen LogP contribution in [0.2, 0.25) is 0 Å². The minimum atomic E-state index is -0.0443. The highest BCUT2D eigenvalue weighted by Crippen LogP contribution is 2.25. The van der Waals surface area contributed by atoms with E-state index in [1.54, 1.807) is 11.3 Å². The summed E-state index contributed by atoms with van der Waals surface area (Å²) in [7, 11) is 0. The van der Waals surface area contributed by atoms with Crippen LogP contribution in [-0.2, 0) is 28.9 Å². The Morgan fingerprint density at radius 2 is 1.93 bits per heavy atom. The lowest BCUT2D eigenvalue weighted by atomic mass is 10.1. The lowest BCUT2D eigenvalue weighted by Gasteiger charge is -2.26. The summed E-state index contributed by atoms with van der Waals surface area (Å²) < 4.78 is 5.43. The van der Waals surface area contributed by atoms with E-state index in [1.807, 2.05) is 29.6 Å². The van der Waals surface area contributed by atoms with Gasteiger partial charge in [-0.1, -0.05) is 37.3 Å².